The third-order valence-corrected chi connectivity index (χ3v) is 6.54. The Bertz CT molecular complexity index is 1130. The third kappa shape index (κ3) is 12.0. The Morgan fingerprint density at radius 1 is 0.841 bits per heavy atom. The lowest BCUT2D eigenvalue weighted by Gasteiger charge is -2.36. The van der Waals surface area contributed by atoms with E-state index in [4.69, 9.17) is 14.2 Å². The molecule has 0 bridgehead atoms. The van der Waals surface area contributed by atoms with Gasteiger partial charge in [-0.2, -0.15) is 13.2 Å². The second-order valence-electron chi connectivity index (χ2n) is 9.72. The summed E-state index contributed by atoms with van der Waals surface area (Å²) in [6, 6.07) is 7.24. The lowest BCUT2D eigenvalue weighted by Crippen LogP contribution is -2.49. The number of hydrogen-bond donors (Lipinski definition) is 2. The Balaban J connectivity index is 1.17. The average molecular weight is 633 g/mol. The maximum Gasteiger partial charge on any atom is 0.495 e. The van der Waals surface area contributed by atoms with E-state index < -0.39 is 30.6 Å². The van der Waals surface area contributed by atoms with Gasteiger partial charge in [-0.25, -0.2) is 19.4 Å². The van der Waals surface area contributed by atoms with E-state index in [-0.39, 0.29) is 63.8 Å². The molecular formula is C27H35F3N4O10. The van der Waals surface area contributed by atoms with Gasteiger partial charge < -0.3 is 29.3 Å². The number of piperazine rings is 1. The number of carbonyl (C=O) groups is 5. The van der Waals surface area contributed by atoms with Gasteiger partial charge in [0.05, 0.1) is 52.5 Å². The zero-order valence-electron chi connectivity index (χ0n) is 23.9. The van der Waals surface area contributed by atoms with Crippen LogP contribution in [0, 0.1) is 0 Å². The number of piperidine rings is 1. The molecule has 1 atom stereocenters. The summed E-state index contributed by atoms with van der Waals surface area (Å²) >= 11 is 0. The first-order valence-corrected chi connectivity index (χ1v) is 14.0. The van der Waals surface area contributed by atoms with Gasteiger partial charge in [0, 0.05) is 44.0 Å². The van der Waals surface area contributed by atoms with Crippen LogP contribution in [0.1, 0.15) is 25.7 Å². The topological polar surface area (TPSA) is 162 Å². The van der Waals surface area contributed by atoms with Gasteiger partial charge in [0.15, 0.2) is 0 Å². The van der Waals surface area contributed by atoms with Crippen molar-refractivity contribution in [3.8, 4) is 0 Å². The van der Waals surface area contributed by atoms with Gasteiger partial charge in [0.2, 0.25) is 17.7 Å². The molecule has 14 nitrogen and oxygen atoms in total. The number of rotatable bonds is 15. The number of nitrogens with zero attached hydrogens (tertiary/aromatic N) is 2. The average Bonchev–Trinajstić information content (AvgIpc) is 3.00. The maximum atomic E-state index is 12.5. The van der Waals surface area contributed by atoms with Crippen molar-refractivity contribution >= 4 is 41.0 Å². The molecule has 2 aliphatic heterocycles. The fourth-order valence-electron chi connectivity index (χ4n) is 4.20. The van der Waals surface area contributed by atoms with Gasteiger partial charge in [-0.15, -0.1) is 0 Å². The molecule has 17 heteroatoms. The molecule has 2 aliphatic rings. The van der Waals surface area contributed by atoms with Gasteiger partial charge in [0.25, 0.3) is 0 Å². The number of amides is 3. The van der Waals surface area contributed by atoms with Crippen molar-refractivity contribution in [3.63, 3.8) is 0 Å². The zero-order chi connectivity index (χ0) is 32.0. The summed E-state index contributed by atoms with van der Waals surface area (Å²) in [6.07, 6.45) is -4.69. The van der Waals surface area contributed by atoms with Crippen LogP contribution in [0.4, 0.5) is 24.5 Å². The highest BCUT2D eigenvalue weighted by Gasteiger charge is 2.43. The Labute approximate surface area is 251 Å². The van der Waals surface area contributed by atoms with E-state index in [9.17, 15) is 37.1 Å². The molecular weight excluding hydrogens is 597 g/mol. The molecule has 1 aromatic carbocycles. The summed E-state index contributed by atoms with van der Waals surface area (Å²) in [5.41, 5.74) is 1.80. The van der Waals surface area contributed by atoms with Crippen LogP contribution in [0.2, 0.25) is 0 Å². The number of nitrogens with one attached hydrogen (secondary N) is 2. The summed E-state index contributed by atoms with van der Waals surface area (Å²) in [7, 11) is 0. The Hall–Kier alpha value is -3.96. The van der Waals surface area contributed by atoms with Crippen LogP contribution >= 0.6 is 0 Å². The van der Waals surface area contributed by atoms with E-state index in [1.165, 1.54) is 0 Å². The summed E-state index contributed by atoms with van der Waals surface area (Å²) in [4.78, 5) is 68.4. The van der Waals surface area contributed by atoms with Gasteiger partial charge in [-0.1, -0.05) is 0 Å². The number of anilines is 2. The standard InChI is InChI=1S/C27H35F3N4O10/c28-27(29,30)26(39)44-43-24(37)8-14-41-16-18-42-17-15-40-13-7-23(36)34-11-9-33(10-12-34)20-3-1-19(2-4-20)31-21-5-6-22(35)32-25(21)38/h1-4,21,31H,5-18H2,(H,32,35,38). The maximum absolute atomic E-state index is 12.5. The minimum absolute atomic E-state index is 0.00513. The van der Waals surface area contributed by atoms with Crippen molar-refractivity contribution < 1.29 is 61.1 Å². The van der Waals surface area contributed by atoms with Gasteiger partial charge in [-0.3, -0.25) is 19.7 Å². The van der Waals surface area contributed by atoms with E-state index in [0.717, 1.165) is 11.4 Å². The number of halogens is 3. The number of ether oxygens (including phenoxy) is 3. The molecule has 0 spiro atoms. The van der Waals surface area contributed by atoms with Crippen LogP contribution in [0.15, 0.2) is 24.3 Å². The number of alkyl halides is 3. The Morgan fingerprint density at radius 3 is 2.02 bits per heavy atom. The zero-order valence-corrected chi connectivity index (χ0v) is 23.9. The molecule has 0 aliphatic carbocycles. The molecule has 2 heterocycles. The Kier molecular flexibility index (Phi) is 13.6. The van der Waals surface area contributed by atoms with Crippen molar-refractivity contribution in [3.05, 3.63) is 24.3 Å². The minimum atomic E-state index is -5.26. The highest BCUT2D eigenvalue weighted by atomic mass is 19.4. The molecule has 0 radical (unpaired) electrons. The smallest absolute Gasteiger partial charge is 0.379 e. The first-order valence-electron chi connectivity index (χ1n) is 14.0. The van der Waals surface area contributed by atoms with Gasteiger partial charge in [0.1, 0.15) is 6.04 Å². The summed E-state index contributed by atoms with van der Waals surface area (Å²) in [5.74, 6) is -4.41. The lowest BCUT2D eigenvalue weighted by atomic mass is 10.1. The van der Waals surface area contributed by atoms with Gasteiger partial charge in [-0.05, 0) is 30.7 Å². The summed E-state index contributed by atoms with van der Waals surface area (Å²) < 4.78 is 51.6. The quantitative estimate of drug-likeness (QED) is 0.122. The fourth-order valence-corrected chi connectivity index (χ4v) is 4.20. The van der Waals surface area contributed by atoms with E-state index in [2.05, 4.69) is 25.3 Å². The third-order valence-electron chi connectivity index (χ3n) is 6.54. The molecule has 44 heavy (non-hydrogen) atoms. The second-order valence-corrected chi connectivity index (χ2v) is 9.72. The van der Waals surface area contributed by atoms with Crippen LogP contribution in [0.3, 0.4) is 0 Å². The number of imide groups is 1. The molecule has 1 unspecified atom stereocenters. The molecule has 1 aromatic rings. The summed E-state index contributed by atoms with van der Waals surface area (Å²) in [5, 5.41) is 5.48. The molecule has 3 amide bonds. The minimum Gasteiger partial charge on any atom is -0.379 e. The number of benzene rings is 1. The first kappa shape index (κ1) is 34.5. The van der Waals surface area contributed by atoms with Crippen LogP contribution in [-0.2, 0) is 48.0 Å². The Morgan fingerprint density at radius 2 is 1.43 bits per heavy atom. The normalized spacial score (nSPS) is 17.2. The second kappa shape index (κ2) is 17.4. The van der Waals surface area contributed by atoms with E-state index in [1.54, 1.807) is 4.90 Å². The van der Waals surface area contributed by atoms with Gasteiger partial charge >= 0.3 is 18.1 Å². The van der Waals surface area contributed by atoms with Crippen molar-refractivity contribution in [2.75, 3.05) is 76.0 Å². The van der Waals surface area contributed by atoms with Crippen LogP contribution in [-0.4, -0.2) is 113 Å². The predicted molar refractivity (Wildman–Crippen MR) is 145 cm³/mol. The van der Waals surface area contributed by atoms with Crippen molar-refractivity contribution in [1.29, 1.82) is 0 Å². The van der Waals surface area contributed by atoms with E-state index in [0.29, 0.717) is 39.0 Å². The molecule has 0 saturated carbocycles. The molecule has 0 aromatic heterocycles. The SMILES string of the molecule is O=C1CCC(Nc2ccc(N3CCN(C(=O)CCOCCOCCOCCC(=O)OOC(=O)C(F)(F)F)CC3)cc2)C(=O)N1. The van der Waals surface area contributed by atoms with Crippen molar-refractivity contribution in [2.45, 2.75) is 37.9 Å². The van der Waals surface area contributed by atoms with Crippen LogP contribution < -0.4 is 15.5 Å². The van der Waals surface area contributed by atoms with Crippen LogP contribution in [0.5, 0.6) is 0 Å². The number of hydrogen-bond acceptors (Lipinski definition) is 12. The molecule has 2 N–H and O–H groups in total. The van der Waals surface area contributed by atoms with E-state index in [1.807, 2.05) is 24.3 Å². The lowest BCUT2D eigenvalue weighted by molar-refractivity contribution is -0.286. The fraction of sp³-hybridized carbons (Fsp3) is 0.593. The van der Waals surface area contributed by atoms with Crippen molar-refractivity contribution in [2.24, 2.45) is 0 Å². The van der Waals surface area contributed by atoms with Crippen molar-refractivity contribution in [1.82, 2.24) is 10.2 Å². The molecule has 3 rings (SSSR count). The van der Waals surface area contributed by atoms with Crippen LogP contribution in [0.25, 0.3) is 0 Å². The molecule has 244 valence electrons. The molecule has 2 saturated heterocycles. The first-order chi connectivity index (χ1) is 21.0. The predicted octanol–water partition coefficient (Wildman–Crippen LogP) is 0.946. The highest BCUT2D eigenvalue weighted by Crippen LogP contribution is 2.21. The largest absolute Gasteiger partial charge is 0.495 e. The monoisotopic (exact) mass is 632 g/mol. The number of carbonyl (C=O) groups excluding carboxylic acids is 5. The summed E-state index contributed by atoms with van der Waals surface area (Å²) in [6.45, 7) is 3.34. The highest BCUT2D eigenvalue weighted by molar-refractivity contribution is 6.01. The van der Waals surface area contributed by atoms with E-state index >= 15 is 0 Å². The molecule has 2 fully saturated rings.